The first-order valence-electron chi connectivity index (χ1n) is 7.94. The van der Waals surface area contributed by atoms with Gasteiger partial charge in [0.25, 0.3) is 0 Å². The standard InChI is InChI=1S/C17H23N5O/c1-14-12-16(19-20(14)2)18-17(23)22-10-8-21(9-11-22)13-15-6-4-3-5-7-15/h3-7,12H,8-11,13H2,1-2H3,(H,18,19,23). The molecule has 0 radical (unpaired) electrons. The summed E-state index contributed by atoms with van der Waals surface area (Å²) in [6, 6.07) is 12.3. The van der Waals surface area contributed by atoms with Gasteiger partial charge in [-0.05, 0) is 12.5 Å². The van der Waals surface area contributed by atoms with Gasteiger partial charge in [-0.3, -0.25) is 14.9 Å². The number of amides is 2. The Morgan fingerprint density at radius 3 is 2.48 bits per heavy atom. The van der Waals surface area contributed by atoms with Gasteiger partial charge in [-0.2, -0.15) is 5.10 Å². The van der Waals surface area contributed by atoms with Crippen LogP contribution in [0.2, 0.25) is 0 Å². The Kier molecular flexibility index (Phi) is 4.62. The van der Waals surface area contributed by atoms with E-state index in [2.05, 4.69) is 39.6 Å². The number of urea groups is 1. The van der Waals surface area contributed by atoms with E-state index in [-0.39, 0.29) is 6.03 Å². The summed E-state index contributed by atoms with van der Waals surface area (Å²) in [6.07, 6.45) is 0. The monoisotopic (exact) mass is 313 g/mol. The number of piperazine rings is 1. The van der Waals surface area contributed by atoms with Gasteiger partial charge in [0, 0.05) is 51.5 Å². The zero-order chi connectivity index (χ0) is 16.2. The Hall–Kier alpha value is -2.34. The molecule has 2 heterocycles. The summed E-state index contributed by atoms with van der Waals surface area (Å²) in [5.74, 6) is 0.613. The molecule has 0 saturated carbocycles. The number of aromatic nitrogens is 2. The van der Waals surface area contributed by atoms with Crippen molar-refractivity contribution in [3.05, 3.63) is 47.7 Å². The second kappa shape index (κ2) is 6.83. The van der Waals surface area contributed by atoms with Crippen LogP contribution in [-0.2, 0) is 13.6 Å². The van der Waals surface area contributed by atoms with Crippen molar-refractivity contribution in [2.24, 2.45) is 7.05 Å². The van der Waals surface area contributed by atoms with Crippen LogP contribution in [0.1, 0.15) is 11.3 Å². The zero-order valence-corrected chi connectivity index (χ0v) is 13.7. The topological polar surface area (TPSA) is 53.4 Å². The molecule has 1 aromatic carbocycles. The van der Waals surface area contributed by atoms with Crippen molar-refractivity contribution in [3.63, 3.8) is 0 Å². The van der Waals surface area contributed by atoms with Crippen molar-refractivity contribution < 1.29 is 4.79 Å². The second-order valence-corrected chi connectivity index (χ2v) is 5.97. The average molecular weight is 313 g/mol. The van der Waals surface area contributed by atoms with Gasteiger partial charge < -0.3 is 4.90 Å². The van der Waals surface area contributed by atoms with Crippen molar-refractivity contribution in [1.82, 2.24) is 19.6 Å². The molecule has 0 unspecified atom stereocenters. The first-order chi connectivity index (χ1) is 11.1. The van der Waals surface area contributed by atoms with Crippen LogP contribution in [0.25, 0.3) is 0 Å². The predicted molar refractivity (Wildman–Crippen MR) is 90.3 cm³/mol. The summed E-state index contributed by atoms with van der Waals surface area (Å²) in [5.41, 5.74) is 2.34. The third kappa shape index (κ3) is 3.90. The highest BCUT2D eigenvalue weighted by molar-refractivity contribution is 5.88. The largest absolute Gasteiger partial charge is 0.323 e. The molecule has 122 valence electrons. The van der Waals surface area contributed by atoms with Gasteiger partial charge in [0.1, 0.15) is 0 Å². The predicted octanol–water partition coefficient (Wildman–Crippen LogP) is 2.08. The van der Waals surface area contributed by atoms with Crippen LogP contribution in [0.4, 0.5) is 10.6 Å². The van der Waals surface area contributed by atoms with Gasteiger partial charge in [0.05, 0.1) is 0 Å². The van der Waals surface area contributed by atoms with E-state index in [1.807, 2.05) is 31.0 Å². The molecule has 23 heavy (non-hydrogen) atoms. The molecule has 1 N–H and O–H groups in total. The highest BCUT2D eigenvalue weighted by atomic mass is 16.2. The van der Waals surface area contributed by atoms with Crippen molar-refractivity contribution >= 4 is 11.8 Å². The van der Waals surface area contributed by atoms with Crippen molar-refractivity contribution in [3.8, 4) is 0 Å². The summed E-state index contributed by atoms with van der Waals surface area (Å²) in [4.78, 5) is 16.5. The maximum atomic E-state index is 12.3. The third-order valence-electron chi connectivity index (χ3n) is 4.26. The molecule has 1 aliphatic heterocycles. The number of anilines is 1. The van der Waals surface area contributed by atoms with Crippen molar-refractivity contribution in [1.29, 1.82) is 0 Å². The lowest BCUT2D eigenvalue weighted by molar-refractivity contribution is 0.143. The molecule has 2 amide bonds. The lowest BCUT2D eigenvalue weighted by Gasteiger charge is -2.34. The molecule has 1 saturated heterocycles. The van der Waals surface area contributed by atoms with Gasteiger partial charge in [-0.15, -0.1) is 0 Å². The van der Waals surface area contributed by atoms with Gasteiger partial charge in [0.15, 0.2) is 5.82 Å². The minimum Gasteiger partial charge on any atom is -0.322 e. The van der Waals surface area contributed by atoms with E-state index in [4.69, 9.17) is 0 Å². The summed E-state index contributed by atoms with van der Waals surface area (Å²) in [6.45, 7) is 6.17. The van der Waals surface area contributed by atoms with Crippen molar-refractivity contribution in [2.75, 3.05) is 31.5 Å². The van der Waals surface area contributed by atoms with Crippen LogP contribution in [-0.4, -0.2) is 51.8 Å². The Morgan fingerprint density at radius 1 is 1.17 bits per heavy atom. The summed E-state index contributed by atoms with van der Waals surface area (Å²) >= 11 is 0. The molecule has 0 spiro atoms. The number of aryl methyl sites for hydroxylation is 2. The summed E-state index contributed by atoms with van der Waals surface area (Å²) < 4.78 is 1.76. The van der Waals surface area contributed by atoms with E-state index in [1.165, 1.54) is 5.56 Å². The average Bonchev–Trinajstić information content (AvgIpc) is 2.87. The number of nitrogens with zero attached hydrogens (tertiary/aromatic N) is 4. The van der Waals surface area contributed by atoms with E-state index >= 15 is 0 Å². The molecule has 6 heteroatoms. The number of nitrogens with one attached hydrogen (secondary N) is 1. The Balaban J connectivity index is 1.49. The summed E-state index contributed by atoms with van der Waals surface area (Å²) in [5, 5.41) is 7.14. The van der Waals surface area contributed by atoms with Crippen LogP contribution in [0.15, 0.2) is 36.4 Å². The Labute approximate surface area is 136 Å². The normalized spacial score (nSPS) is 15.7. The SMILES string of the molecule is Cc1cc(NC(=O)N2CCN(Cc3ccccc3)CC2)nn1C. The fourth-order valence-electron chi connectivity index (χ4n) is 2.76. The molecular formula is C17H23N5O. The molecule has 0 bridgehead atoms. The number of rotatable bonds is 3. The van der Waals surface area contributed by atoms with E-state index < -0.39 is 0 Å². The van der Waals surface area contributed by atoms with Crippen LogP contribution >= 0.6 is 0 Å². The molecule has 1 fully saturated rings. The molecule has 0 aliphatic carbocycles. The second-order valence-electron chi connectivity index (χ2n) is 5.97. The van der Waals surface area contributed by atoms with Gasteiger partial charge in [-0.25, -0.2) is 4.79 Å². The van der Waals surface area contributed by atoms with Crippen LogP contribution in [0.5, 0.6) is 0 Å². The maximum Gasteiger partial charge on any atom is 0.323 e. The number of hydrogen-bond donors (Lipinski definition) is 1. The molecule has 1 aliphatic rings. The highest BCUT2D eigenvalue weighted by Crippen LogP contribution is 2.11. The number of carbonyl (C=O) groups excluding carboxylic acids is 1. The van der Waals surface area contributed by atoms with E-state index in [0.29, 0.717) is 5.82 Å². The first kappa shape index (κ1) is 15.6. The van der Waals surface area contributed by atoms with Gasteiger partial charge in [0.2, 0.25) is 0 Å². The maximum absolute atomic E-state index is 12.3. The van der Waals surface area contributed by atoms with Gasteiger partial charge in [-0.1, -0.05) is 30.3 Å². The quantitative estimate of drug-likeness (QED) is 0.944. The minimum atomic E-state index is -0.0672. The summed E-state index contributed by atoms with van der Waals surface area (Å²) in [7, 11) is 1.87. The molecule has 3 rings (SSSR count). The van der Waals surface area contributed by atoms with Crippen LogP contribution < -0.4 is 5.32 Å². The molecule has 0 atom stereocenters. The molecular weight excluding hydrogens is 290 g/mol. The fourth-order valence-corrected chi connectivity index (χ4v) is 2.76. The first-order valence-corrected chi connectivity index (χ1v) is 7.94. The van der Waals surface area contributed by atoms with E-state index in [9.17, 15) is 4.79 Å². The minimum absolute atomic E-state index is 0.0672. The lowest BCUT2D eigenvalue weighted by atomic mass is 10.2. The molecule has 6 nitrogen and oxygen atoms in total. The van der Waals surface area contributed by atoms with E-state index in [1.54, 1.807) is 4.68 Å². The van der Waals surface area contributed by atoms with Crippen LogP contribution in [0, 0.1) is 6.92 Å². The molecule has 2 aromatic rings. The lowest BCUT2D eigenvalue weighted by Crippen LogP contribution is -2.49. The van der Waals surface area contributed by atoms with Crippen molar-refractivity contribution in [2.45, 2.75) is 13.5 Å². The Bertz CT molecular complexity index is 639. The number of hydrogen-bond acceptors (Lipinski definition) is 3. The van der Waals surface area contributed by atoms with Gasteiger partial charge >= 0.3 is 6.03 Å². The smallest absolute Gasteiger partial charge is 0.322 e. The number of benzene rings is 1. The number of carbonyl (C=O) groups is 1. The molecule has 1 aromatic heterocycles. The third-order valence-corrected chi connectivity index (χ3v) is 4.26. The van der Waals surface area contributed by atoms with E-state index in [0.717, 1.165) is 38.4 Å². The fraction of sp³-hybridized carbons (Fsp3) is 0.412. The Morgan fingerprint density at radius 2 is 1.87 bits per heavy atom. The van der Waals surface area contributed by atoms with Crippen LogP contribution in [0.3, 0.4) is 0 Å². The zero-order valence-electron chi connectivity index (χ0n) is 13.7. The highest BCUT2D eigenvalue weighted by Gasteiger charge is 2.21.